The maximum atomic E-state index is 11.5. The van der Waals surface area contributed by atoms with Crippen LogP contribution >= 0.6 is 0 Å². The summed E-state index contributed by atoms with van der Waals surface area (Å²) in [7, 11) is 0. The number of carbonyl (C=O) groups is 1. The molecule has 0 bridgehead atoms. The molecule has 6 heteroatoms. The van der Waals surface area contributed by atoms with Gasteiger partial charge in [0.05, 0.1) is 0 Å². The number of hydrogen-bond acceptors (Lipinski definition) is 5. The molecule has 23 heavy (non-hydrogen) atoms. The van der Waals surface area contributed by atoms with Crippen LogP contribution in [-0.4, -0.2) is 38.6 Å². The number of aromatic nitrogens is 3. The minimum Gasteiger partial charge on any atom is -0.480 e. The molecule has 1 fully saturated rings. The summed E-state index contributed by atoms with van der Waals surface area (Å²) in [6.07, 6.45) is 7.95. The Morgan fingerprint density at radius 1 is 1.26 bits per heavy atom. The first-order chi connectivity index (χ1) is 11.2. The van der Waals surface area contributed by atoms with Crippen molar-refractivity contribution >= 4 is 11.8 Å². The van der Waals surface area contributed by atoms with Crippen LogP contribution in [0.5, 0.6) is 0 Å². The zero-order valence-corrected chi connectivity index (χ0v) is 12.8. The Hall–Kier alpha value is -2.50. The molecular formula is C17H18N4O2. The van der Waals surface area contributed by atoms with Gasteiger partial charge in [0.2, 0.25) is 0 Å². The maximum Gasteiger partial charge on any atom is 0.326 e. The van der Waals surface area contributed by atoms with E-state index >= 15 is 0 Å². The Balaban J connectivity index is 1.83. The summed E-state index contributed by atoms with van der Waals surface area (Å²) in [6, 6.07) is 3.32. The number of fused-ring (bicyclic) bond motifs is 1. The summed E-state index contributed by atoms with van der Waals surface area (Å²) in [5.41, 5.74) is 3.06. The van der Waals surface area contributed by atoms with E-state index in [2.05, 4.69) is 4.98 Å². The van der Waals surface area contributed by atoms with Gasteiger partial charge in [-0.2, -0.15) is 0 Å². The average molecular weight is 310 g/mol. The number of pyridine rings is 1. The lowest BCUT2D eigenvalue weighted by Crippen LogP contribution is -2.37. The van der Waals surface area contributed by atoms with Gasteiger partial charge in [0.15, 0.2) is 5.82 Å². The molecule has 1 unspecified atom stereocenters. The number of hydrogen-bond donors (Lipinski definition) is 1. The Labute approximate surface area is 134 Å². The Morgan fingerprint density at radius 3 is 2.96 bits per heavy atom. The van der Waals surface area contributed by atoms with E-state index in [0.717, 1.165) is 54.9 Å². The van der Waals surface area contributed by atoms with Gasteiger partial charge in [0, 0.05) is 35.8 Å². The summed E-state index contributed by atoms with van der Waals surface area (Å²) in [6.45, 7) is 0.743. The van der Waals surface area contributed by atoms with Gasteiger partial charge in [-0.05, 0) is 44.2 Å². The third kappa shape index (κ3) is 2.44. The van der Waals surface area contributed by atoms with Gasteiger partial charge in [-0.1, -0.05) is 0 Å². The van der Waals surface area contributed by atoms with Crippen LogP contribution in [0.15, 0.2) is 24.5 Å². The SMILES string of the molecule is O=C(O)C1CCCN1c1nc(-c2cccnc2)nc2c1CCC2. The van der Waals surface area contributed by atoms with E-state index < -0.39 is 12.0 Å². The van der Waals surface area contributed by atoms with Crippen molar-refractivity contribution in [3.05, 3.63) is 35.8 Å². The summed E-state index contributed by atoms with van der Waals surface area (Å²) in [5.74, 6) is 0.692. The van der Waals surface area contributed by atoms with Crippen LogP contribution in [0.4, 0.5) is 5.82 Å². The van der Waals surface area contributed by atoms with E-state index in [1.54, 1.807) is 12.4 Å². The fourth-order valence-electron chi connectivity index (χ4n) is 3.55. The molecule has 1 aliphatic carbocycles. The molecule has 2 aromatic rings. The highest BCUT2D eigenvalue weighted by atomic mass is 16.4. The van der Waals surface area contributed by atoms with E-state index in [9.17, 15) is 9.90 Å². The van der Waals surface area contributed by atoms with Gasteiger partial charge in [-0.3, -0.25) is 4.98 Å². The lowest BCUT2D eigenvalue weighted by Gasteiger charge is -2.25. The van der Waals surface area contributed by atoms with Crippen molar-refractivity contribution in [2.45, 2.75) is 38.1 Å². The first-order valence-electron chi connectivity index (χ1n) is 8.03. The van der Waals surface area contributed by atoms with E-state index in [-0.39, 0.29) is 0 Å². The summed E-state index contributed by atoms with van der Waals surface area (Å²) >= 11 is 0. The van der Waals surface area contributed by atoms with Gasteiger partial charge in [-0.25, -0.2) is 14.8 Å². The summed E-state index contributed by atoms with van der Waals surface area (Å²) in [5, 5.41) is 9.48. The van der Waals surface area contributed by atoms with E-state index in [1.165, 1.54) is 0 Å². The number of nitrogens with zero attached hydrogens (tertiary/aromatic N) is 4. The zero-order chi connectivity index (χ0) is 15.8. The van der Waals surface area contributed by atoms with Crippen LogP contribution in [0, 0.1) is 0 Å². The second-order valence-electron chi connectivity index (χ2n) is 6.08. The molecule has 0 aromatic carbocycles. The summed E-state index contributed by atoms with van der Waals surface area (Å²) in [4.78, 5) is 27.1. The fraction of sp³-hybridized carbons (Fsp3) is 0.412. The van der Waals surface area contributed by atoms with E-state index in [0.29, 0.717) is 12.2 Å². The normalized spacial score (nSPS) is 19.8. The number of aryl methyl sites for hydroxylation is 1. The van der Waals surface area contributed by atoms with Crippen molar-refractivity contribution < 1.29 is 9.90 Å². The zero-order valence-electron chi connectivity index (χ0n) is 12.8. The maximum absolute atomic E-state index is 11.5. The van der Waals surface area contributed by atoms with Crippen LogP contribution in [0.25, 0.3) is 11.4 Å². The molecular weight excluding hydrogens is 292 g/mol. The van der Waals surface area contributed by atoms with E-state index in [4.69, 9.17) is 9.97 Å². The third-order valence-corrected chi connectivity index (χ3v) is 4.64. The van der Waals surface area contributed by atoms with Crippen LogP contribution in [0.3, 0.4) is 0 Å². The molecule has 2 aromatic heterocycles. The topological polar surface area (TPSA) is 79.2 Å². The van der Waals surface area contributed by atoms with Gasteiger partial charge < -0.3 is 10.0 Å². The van der Waals surface area contributed by atoms with Crippen molar-refractivity contribution in [2.24, 2.45) is 0 Å². The highest BCUT2D eigenvalue weighted by molar-refractivity contribution is 5.79. The minimum absolute atomic E-state index is 0.476. The van der Waals surface area contributed by atoms with Gasteiger partial charge in [-0.15, -0.1) is 0 Å². The van der Waals surface area contributed by atoms with Crippen LogP contribution in [0.1, 0.15) is 30.5 Å². The van der Waals surface area contributed by atoms with Gasteiger partial charge in [0.1, 0.15) is 11.9 Å². The largest absolute Gasteiger partial charge is 0.480 e. The third-order valence-electron chi connectivity index (χ3n) is 4.64. The van der Waals surface area contributed by atoms with Crippen molar-refractivity contribution in [3.63, 3.8) is 0 Å². The molecule has 1 N–H and O–H groups in total. The second-order valence-corrected chi connectivity index (χ2v) is 6.08. The average Bonchev–Trinajstić information content (AvgIpc) is 3.23. The van der Waals surface area contributed by atoms with Crippen molar-refractivity contribution in [1.29, 1.82) is 0 Å². The molecule has 0 saturated carbocycles. The van der Waals surface area contributed by atoms with Crippen molar-refractivity contribution in [2.75, 3.05) is 11.4 Å². The number of rotatable bonds is 3. The second kappa shape index (κ2) is 5.61. The van der Waals surface area contributed by atoms with Gasteiger partial charge >= 0.3 is 5.97 Å². The highest BCUT2D eigenvalue weighted by Crippen LogP contribution is 2.34. The predicted octanol–water partition coefficient (Wildman–Crippen LogP) is 2.08. The van der Waals surface area contributed by atoms with Crippen LogP contribution in [-0.2, 0) is 17.6 Å². The number of anilines is 1. The number of carboxylic acid groups (broad SMARTS) is 1. The molecule has 0 amide bonds. The van der Waals surface area contributed by atoms with Crippen molar-refractivity contribution in [1.82, 2.24) is 15.0 Å². The molecule has 1 aliphatic heterocycles. The molecule has 0 radical (unpaired) electrons. The molecule has 6 nitrogen and oxygen atoms in total. The Morgan fingerprint density at radius 2 is 2.17 bits per heavy atom. The lowest BCUT2D eigenvalue weighted by molar-refractivity contribution is -0.138. The number of carboxylic acids is 1. The quantitative estimate of drug-likeness (QED) is 0.935. The standard InChI is InChI=1S/C17H18N4O2/c22-17(23)14-7-3-9-21(14)16-12-5-1-6-13(12)19-15(20-16)11-4-2-8-18-10-11/h2,4,8,10,14H,1,3,5-7,9H2,(H,22,23). The molecule has 118 valence electrons. The van der Waals surface area contributed by atoms with Crippen LogP contribution < -0.4 is 4.90 Å². The molecule has 1 saturated heterocycles. The molecule has 4 rings (SSSR count). The molecule has 3 heterocycles. The molecule has 0 spiro atoms. The monoisotopic (exact) mass is 310 g/mol. The highest BCUT2D eigenvalue weighted by Gasteiger charge is 2.34. The molecule has 2 aliphatic rings. The fourth-order valence-corrected chi connectivity index (χ4v) is 3.55. The molecule has 1 atom stereocenters. The predicted molar refractivity (Wildman–Crippen MR) is 85.3 cm³/mol. The minimum atomic E-state index is -0.768. The van der Waals surface area contributed by atoms with Gasteiger partial charge in [0.25, 0.3) is 0 Å². The lowest BCUT2D eigenvalue weighted by atomic mass is 10.1. The Bertz CT molecular complexity index is 748. The first-order valence-corrected chi connectivity index (χ1v) is 8.03. The number of aliphatic carboxylic acids is 1. The first kappa shape index (κ1) is 14.1. The Kier molecular flexibility index (Phi) is 3.44. The van der Waals surface area contributed by atoms with Crippen LogP contribution in [0.2, 0.25) is 0 Å². The smallest absolute Gasteiger partial charge is 0.326 e. The van der Waals surface area contributed by atoms with Crippen molar-refractivity contribution in [3.8, 4) is 11.4 Å². The van der Waals surface area contributed by atoms with E-state index in [1.807, 2.05) is 17.0 Å². The summed E-state index contributed by atoms with van der Waals surface area (Å²) < 4.78 is 0.